The van der Waals surface area contributed by atoms with E-state index in [1.807, 2.05) is 38.1 Å². The van der Waals surface area contributed by atoms with E-state index in [1.165, 1.54) is 6.08 Å². The molecule has 1 aliphatic carbocycles. The normalized spacial score (nSPS) is 31.5. The fraction of sp³-hybridized carbons (Fsp3) is 0.500. The topological polar surface area (TPSA) is 99.0 Å². The first kappa shape index (κ1) is 17.0. The van der Waals surface area contributed by atoms with Crippen molar-refractivity contribution in [3.63, 3.8) is 0 Å². The van der Waals surface area contributed by atoms with Crippen molar-refractivity contribution < 1.29 is 24.9 Å². The molecule has 3 rings (SSSR count). The number of aliphatic hydroxyl groups is 3. The van der Waals surface area contributed by atoms with Crippen molar-refractivity contribution in [1.29, 1.82) is 0 Å². The fourth-order valence-electron chi connectivity index (χ4n) is 3.30. The molecule has 0 spiro atoms. The SMILES string of the molecule is CC1(C)CC(NC(=O)C2=C[C@@H](O)[C@@H](O)[C@H](O)C2)c2ccccc2O1. The van der Waals surface area contributed by atoms with Gasteiger partial charge in [-0.05, 0) is 26.0 Å². The number of benzene rings is 1. The van der Waals surface area contributed by atoms with Crippen molar-refractivity contribution in [3.8, 4) is 5.75 Å². The van der Waals surface area contributed by atoms with E-state index in [0.29, 0.717) is 6.42 Å². The van der Waals surface area contributed by atoms with Gasteiger partial charge in [-0.15, -0.1) is 0 Å². The molecule has 4 N–H and O–H groups in total. The lowest BCUT2D eigenvalue weighted by Crippen LogP contribution is -2.45. The van der Waals surface area contributed by atoms with Gasteiger partial charge in [0.05, 0.1) is 12.1 Å². The van der Waals surface area contributed by atoms with Gasteiger partial charge in [0.2, 0.25) is 5.91 Å². The molecule has 1 heterocycles. The van der Waals surface area contributed by atoms with Crippen molar-refractivity contribution in [1.82, 2.24) is 5.32 Å². The monoisotopic (exact) mass is 333 g/mol. The van der Waals surface area contributed by atoms with Crippen LogP contribution in [0.2, 0.25) is 0 Å². The second-order valence-electron chi connectivity index (χ2n) is 7.07. The third-order valence-corrected chi connectivity index (χ3v) is 4.52. The molecular weight excluding hydrogens is 310 g/mol. The van der Waals surface area contributed by atoms with Crippen molar-refractivity contribution in [2.24, 2.45) is 0 Å². The van der Waals surface area contributed by atoms with Gasteiger partial charge in [-0.25, -0.2) is 0 Å². The van der Waals surface area contributed by atoms with Crippen LogP contribution in [-0.4, -0.2) is 45.1 Å². The number of fused-ring (bicyclic) bond motifs is 1. The minimum atomic E-state index is -1.26. The van der Waals surface area contributed by atoms with Crippen LogP contribution in [0.5, 0.6) is 5.75 Å². The molecule has 0 aromatic heterocycles. The van der Waals surface area contributed by atoms with Gasteiger partial charge in [0.15, 0.2) is 0 Å². The maximum absolute atomic E-state index is 12.6. The van der Waals surface area contributed by atoms with Gasteiger partial charge in [0, 0.05) is 24.0 Å². The predicted octanol–water partition coefficient (Wildman–Crippen LogP) is 0.818. The van der Waals surface area contributed by atoms with E-state index in [2.05, 4.69) is 5.32 Å². The molecule has 0 saturated heterocycles. The highest BCUT2D eigenvalue weighted by molar-refractivity contribution is 5.94. The second-order valence-corrected chi connectivity index (χ2v) is 7.07. The Morgan fingerprint density at radius 1 is 1.25 bits per heavy atom. The molecule has 6 heteroatoms. The first-order chi connectivity index (χ1) is 11.3. The highest BCUT2D eigenvalue weighted by atomic mass is 16.5. The lowest BCUT2D eigenvalue weighted by molar-refractivity contribution is -0.120. The Balaban J connectivity index is 1.81. The quantitative estimate of drug-likeness (QED) is 0.642. The van der Waals surface area contributed by atoms with Gasteiger partial charge in [-0.1, -0.05) is 18.2 Å². The van der Waals surface area contributed by atoms with Crippen LogP contribution in [0.1, 0.15) is 38.3 Å². The summed E-state index contributed by atoms with van der Waals surface area (Å²) in [6.45, 7) is 3.93. The minimum absolute atomic E-state index is 0.0122. The zero-order chi connectivity index (χ0) is 17.5. The first-order valence-electron chi connectivity index (χ1n) is 8.10. The predicted molar refractivity (Wildman–Crippen MR) is 87.4 cm³/mol. The Morgan fingerprint density at radius 2 is 1.96 bits per heavy atom. The number of amides is 1. The number of para-hydroxylation sites is 1. The number of rotatable bonds is 2. The lowest BCUT2D eigenvalue weighted by Gasteiger charge is -2.38. The van der Waals surface area contributed by atoms with E-state index in [-0.39, 0.29) is 23.9 Å². The van der Waals surface area contributed by atoms with E-state index in [0.717, 1.165) is 11.3 Å². The van der Waals surface area contributed by atoms with Crippen LogP contribution in [0.25, 0.3) is 0 Å². The standard InChI is InChI=1S/C18H23NO5/c1-18(2)9-12(11-5-3-4-6-15(11)24-18)19-17(23)10-7-13(20)16(22)14(21)8-10/h3-7,12-14,16,20-22H,8-9H2,1-2H3,(H,19,23)/t12?,13-,14-,16-/m1/s1. The first-order valence-corrected chi connectivity index (χ1v) is 8.10. The van der Waals surface area contributed by atoms with Gasteiger partial charge in [-0.3, -0.25) is 4.79 Å². The summed E-state index contributed by atoms with van der Waals surface area (Å²) < 4.78 is 5.95. The van der Waals surface area contributed by atoms with Crippen molar-refractivity contribution >= 4 is 5.91 Å². The van der Waals surface area contributed by atoms with Crippen LogP contribution in [-0.2, 0) is 4.79 Å². The van der Waals surface area contributed by atoms with Gasteiger partial charge < -0.3 is 25.4 Å². The van der Waals surface area contributed by atoms with Gasteiger partial charge >= 0.3 is 0 Å². The highest BCUT2D eigenvalue weighted by Crippen LogP contribution is 2.39. The molecular formula is C18H23NO5. The van der Waals surface area contributed by atoms with Crippen LogP contribution in [0.15, 0.2) is 35.9 Å². The second kappa shape index (κ2) is 6.20. The largest absolute Gasteiger partial charge is 0.487 e. The molecule has 0 fully saturated rings. The maximum atomic E-state index is 12.6. The van der Waals surface area contributed by atoms with Crippen molar-refractivity contribution in [2.45, 2.75) is 56.6 Å². The van der Waals surface area contributed by atoms with Gasteiger partial charge in [0.25, 0.3) is 0 Å². The zero-order valence-corrected chi connectivity index (χ0v) is 13.8. The summed E-state index contributed by atoms with van der Waals surface area (Å²) in [5, 5.41) is 32.0. The van der Waals surface area contributed by atoms with Crippen LogP contribution in [0.4, 0.5) is 0 Å². The molecule has 6 nitrogen and oxygen atoms in total. The van der Waals surface area contributed by atoms with Gasteiger partial charge in [-0.2, -0.15) is 0 Å². The summed E-state index contributed by atoms with van der Waals surface area (Å²) in [4.78, 5) is 12.6. The average molecular weight is 333 g/mol. The molecule has 1 amide bonds. The number of ether oxygens (including phenoxy) is 1. The van der Waals surface area contributed by atoms with Crippen molar-refractivity contribution in [3.05, 3.63) is 41.5 Å². The molecule has 1 aromatic rings. The fourth-order valence-corrected chi connectivity index (χ4v) is 3.30. The third kappa shape index (κ3) is 3.31. The van der Waals surface area contributed by atoms with E-state index in [9.17, 15) is 20.1 Å². The Kier molecular flexibility index (Phi) is 4.38. The Hall–Kier alpha value is -1.89. The van der Waals surface area contributed by atoms with Crippen LogP contribution < -0.4 is 10.1 Å². The number of nitrogens with one attached hydrogen (secondary N) is 1. The summed E-state index contributed by atoms with van der Waals surface area (Å²) in [5.74, 6) is 0.393. The van der Waals surface area contributed by atoms with E-state index >= 15 is 0 Å². The molecule has 130 valence electrons. The smallest absolute Gasteiger partial charge is 0.247 e. The number of hydrogen-bond donors (Lipinski definition) is 4. The van der Waals surface area contributed by atoms with Crippen molar-refractivity contribution in [2.75, 3.05) is 0 Å². The molecule has 1 aromatic carbocycles. The summed E-state index contributed by atoms with van der Waals surface area (Å²) in [7, 11) is 0. The Bertz CT molecular complexity index is 669. The van der Waals surface area contributed by atoms with Crippen LogP contribution in [0.3, 0.4) is 0 Å². The summed E-state index contributed by atoms with van der Waals surface area (Å²) in [6.07, 6.45) is -1.72. The summed E-state index contributed by atoms with van der Waals surface area (Å²) >= 11 is 0. The van der Waals surface area contributed by atoms with Crippen LogP contribution >= 0.6 is 0 Å². The minimum Gasteiger partial charge on any atom is -0.487 e. The number of hydrogen-bond acceptors (Lipinski definition) is 5. The zero-order valence-electron chi connectivity index (χ0n) is 13.8. The molecule has 1 unspecified atom stereocenters. The number of carbonyl (C=O) groups is 1. The maximum Gasteiger partial charge on any atom is 0.247 e. The van der Waals surface area contributed by atoms with E-state index in [1.54, 1.807) is 0 Å². The third-order valence-electron chi connectivity index (χ3n) is 4.52. The Labute approximate surface area is 140 Å². The van der Waals surface area contributed by atoms with E-state index < -0.39 is 23.9 Å². The molecule has 0 radical (unpaired) electrons. The molecule has 2 aliphatic rings. The number of aliphatic hydroxyl groups excluding tert-OH is 3. The molecule has 24 heavy (non-hydrogen) atoms. The molecule has 4 atom stereocenters. The van der Waals surface area contributed by atoms with E-state index in [4.69, 9.17) is 4.74 Å². The lowest BCUT2D eigenvalue weighted by atomic mass is 9.88. The molecule has 1 aliphatic heterocycles. The molecule has 0 bridgehead atoms. The highest BCUT2D eigenvalue weighted by Gasteiger charge is 2.36. The number of carbonyl (C=O) groups excluding carboxylic acids is 1. The van der Waals surface area contributed by atoms with Gasteiger partial charge in [0.1, 0.15) is 23.6 Å². The summed E-state index contributed by atoms with van der Waals surface area (Å²) in [6, 6.07) is 7.34. The Morgan fingerprint density at radius 3 is 2.67 bits per heavy atom. The molecule has 0 saturated carbocycles. The van der Waals surface area contributed by atoms with Crippen LogP contribution in [0, 0.1) is 0 Å². The average Bonchev–Trinajstić information content (AvgIpc) is 2.51. The summed E-state index contributed by atoms with van der Waals surface area (Å²) in [5.41, 5.74) is 0.771.